The number of sulfonamides is 1. The van der Waals surface area contributed by atoms with E-state index < -0.39 is 21.9 Å². The molecule has 94 valence electrons. The van der Waals surface area contributed by atoms with Gasteiger partial charge in [0.25, 0.3) is 0 Å². The minimum absolute atomic E-state index is 0.0605. The molecule has 2 rings (SSSR count). The van der Waals surface area contributed by atoms with E-state index in [0.717, 1.165) is 6.07 Å². The van der Waals surface area contributed by atoms with Gasteiger partial charge in [-0.1, -0.05) is 6.07 Å². The van der Waals surface area contributed by atoms with Crippen molar-refractivity contribution in [3.8, 4) is 0 Å². The average Bonchev–Trinajstić information content (AvgIpc) is 2.69. The molecular formula is C11H14FNO3S. The summed E-state index contributed by atoms with van der Waals surface area (Å²) >= 11 is 0. The normalized spacial score (nSPS) is 21.9. The highest BCUT2D eigenvalue weighted by atomic mass is 32.2. The van der Waals surface area contributed by atoms with Crippen LogP contribution in [0, 0.1) is 12.7 Å². The van der Waals surface area contributed by atoms with Gasteiger partial charge in [-0.15, -0.1) is 0 Å². The van der Waals surface area contributed by atoms with Crippen molar-refractivity contribution in [2.45, 2.75) is 24.3 Å². The van der Waals surface area contributed by atoms with Crippen molar-refractivity contribution in [1.82, 2.24) is 4.31 Å². The Kier molecular flexibility index (Phi) is 3.20. The molecule has 0 saturated carbocycles. The fourth-order valence-electron chi connectivity index (χ4n) is 1.81. The van der Waals surface area contributed by atoms with Crippen LogP contribution in [0.2, 0.25) is 0 Å². The quantitative estimate of drug-likeness (QED) is 0.858. The lowest BCUT2D eigenvalue weighted by atomic mass is 10.2. The zero-order chi connectivity index (χ0) is 12.6. The molecule has 0 aromatic heterocycles. The summed E-state index contributed by atoms with van der Waals surface area (Å²) in [6.07, 6.45) is -0.201. The van der Waals surface area contributed by atoms with Crippen molar-refractivity contribution in [3.63, 3.8) is 0 Å². The van der Waals surface area contributed by atoms with Crippen LogP contribution in [0.4, 0.5) is 4.39 Å². The Hall–Kier alpha value is -0.980. The fourth-order valence-corrected chi connectivity index (χ4v) is 3.32. The first-order valence-electron chi connectivity index (χ1n) is 5.35. The molecule has 0 radical (unpaired) electrons. The van der Waals surface area contributed by atoms with Gasteiger partial charge in [-0.2, -0.15) is 4.31 Å². The van der Waals surface area contributed by atoms with Crippen LogP contribution in [0.15, 0.2) is 23.1 Å². The largest absolute Gasteiger partial charge is 0.392 e. The SMILES string of the molecule is Cc1ccc(S(=O)(=O)N2CCC(O)C2)cc1F. The number of hydrogen-bond donors (Lipinski definition) is 1. The number of β-amino-alcohol motifs (C(OH)–C–C–N with tert-alkyl or cyclic N) is 1. The van der Waals surface area contributed by atoms with E-state index in [4.69, 9.17) is 0 Å². The second kappa shape index (κ2) is 4.36. The number of aliphatic hydroxyl groups excluding tert-OH is 1. The highest BCUT2D eigenvalue weighted by Gasteiger charge is 2.31. The lowest BCUT2D eigenvalue weighted by Crippen LogP contribution is -2.29. The van der Waals surface area contributed by atoms with Crippen molar-refractivity contribution in [2.75, 3.05) is 13.1 Å². The van der Waals surface area contributed by atoms with Crippen LogP contribution in [-0.2, 0) is 10.0 Å². The molecule has 1 heterocycles. The van der Waals surface area contributed by atoms with Crippen LogP contribution in [0.3, 0.4) is 0 Å². The summed E-state index contributed by atoms with van der Waals surface area (Å²) in [5, 5.41) is 9.33. The summed E-state index contributed by atoms with van der Waals surface area (Å²) in [6.45, 7) is 1.93. The molecule has 0 amide bonds. The van der Waals surface area contributed by atoms with Crippen molar-refractivity contribution in [2.24, 2.45) is 0 Å². The van der Waals surface area contributed by atoms with E-state index in [9.17, 15) is 17.9 Å². The van der Waals surface area contributed by atoms with E-state index >= 15 is 0 Å². The molecular weight excluding hydrogens is 245 g/mol. The average molecular weight is 259 g/mol. The van der Waals surface area contributed by atoms with Crippen LogP contribution in [0.25, 0.3) is 0 Å². The Labute approximate surface area is 99.7 Å². The van der Waals surface area contributed by atoms with Crippen LogP contribution >= 0.6 is 0 Å². The molecule has 0 bridgehead atoms. The van der Waals surface area contributed by atoms with Crippen LogP contribution in [0.5, 0.6) is 0 Å². The van der Waals surface area contributed by atoms with Gasteiger partial charge in [0, 0.05) is 13.1 Å². The first-order valence-corrected chi connectivity index (χ1v) is 6.79. The number of benzene rings is 1. The fraction of sp³-hybridized carbons (Fsp3) is 0.455. The Balaban J connectivity index is 2.35. The lowest BCUT2D eigenvalue weighted by Gasteiger charge is -2.15. The highest BCUT2D eigenvalue weighted by molar-refractivity contribution is 7.89. The number of rotatable bonds is 2. The molecule has 6 heteroatoms. The van der Waals surface area contributed by atoms with Crippen LogP contribution in [0.1, 0.15) is 12.0 Å². The van der Waals surface area contributed by atoms with Crippen LogP contribution in [-0.4, -0.2) is 37.0 Å². The molecule has 1 aliphatic heterocycles. The number of aryl methyl sites for hydroxylation is 1. The molecule has 1 aromatic rings. The second-order valence-electron chi connectivity index (χ2n) is 4.22. The minimum atomic E-state index is -3.68. The molecule has 1 unspecified atom stereocenters. The van der Waals surface area contributed by atoms with E-state index in [-0.39, 0.29) is 18.0 Å². The zero-order valence-electron chi connectivity index (χ0n) is 9.43. The Bertz CT molecular complexity index is 530. The van der Waals surface area contributed by atoms with Gasteiger partial charge in [-0.3, -0.25) is 0 Å². The van der Waals surface area contributed by atoms with Crippen molar-refractivity contribution >= 4 is 10.0 Å². The third-order valence-electron chi connectivity index (χ3n) is 2.91. The summed E-state index contributed by atoms with van der Waals surface area (Å²) in [6, 6.07) is 3.85. The van der Waals surface area contributed by atoms with Crippen molar-refractivity contribution in [1.29, 1.82) is 0 Å². The third-order valence-corrected chi connectivity index (χ3v) is 4.77. The van der Waals surface area contributed by atoms with Gasteiger partial charge < -0.3 is 5.11 Å². The van der Waals surface area contributed by atoms with Gasteiger partial charge >= 0.3 is 0 Å². The Morgan fingerprint density at radius 1 is 1.47 bits per heavy atom. The monoisotopic (exact) mass is 259 g/mol. The van der Waals surface area contributed by atoms with Gasteiger partial charge in [0.1, 0.15) is 5.82 Å². The van der Waals surface area contributed by atoms with Gasteiger partial charge in [-0.05, 0) is 31.0 Å². The first kappa shape index (κ1) is 12.5. The maximum Gasteiger partial charge on any atom is 0.243 e. The van der Waals surface area contributed by atoms with Gasteiger partial charge in [0.05, 0.1) is 11.0 Å². The molecule has 1 N–H and O–H groups in total. The van der Waals surface area contributed by atoms with Gasteiger partial charge in [0.2, 0.25) is 10.0 Å². The first-order chi connectivity index (χ1) is 7.91. The summed E-state index contributed by atoms with van der Waals surface area (Å²) in [5.41, 5.74) is 0.408. The van der Waals surface area contributed by atoms with E-state index in [1.807, 2.05) is 0 Å². The highest BCUT2D eigenvalue weighted by Crippen LogP contribution is 2.22. The number of halogens is 1. The molecule has 1 fully saturated rings. The number of nitrogens with zero attached hydrogens (tertiary/aromatic N) is 1. The summed E-state index contributed by atoms with van der Waals surface area (Å²) in [7, 11) is -3.68. The predicted molar refractivity (Wildman–Crippen MR) is 60.5 cm³/mol. The smallest absolute Gasteiger partial charge is 0.243 e. The summed E-state index contributed by atoms with van der Waals surface area (Å²) in [4.78, 5) is -0.0605. The molecule has 0 aliphatic carbocycles. The van der Waals surface area contributed by atoms with Gasteiger partial charge in [-0.25, -0.2) is 12.8 Å². The standard InChI is InChI=1S/C11H14FNO3S/c1-8-2-3-10(6-11(8)12)17(15,16)13-5-4-9(14)7-13/h2-3,6,9,14H,4-5,7H2,1H3. The topological polar surface area (TPSA) is 57.6 Å². The minimum Gasteiger partial charge on any atom is -0.392 e. The van der Waals surface area contributed by atoms with E-state index in [2.05, 4.69) is 0 Å². The third kappa shape index (κ3) is 2.34. The molecule has 0 spiro atoms. The van der Waals surface area contributed by atoms with Crippen molar-refractivity contribution < 1.29 is 17.9 Å². The maximum absolute atomic E-state index is 13.3. The summed E-state index contributed by atoms with van der Waals surface area (Å²) < 4.78 is 38.7. The molecule has 4 nitrogen and oxygen atoms in total. The predicted octanol–water partition coefficient (Wildman–Crippen LogP) is 0.889. The number of hydrogen-bond acceptors (Lipinski definition) is 3. The maximum atomic E-state index is 13.3. The van der Waals surface area contributed by atoms with E-state index in [0.29, 0.717) is 12.0 Å². The Morgan fingerprint density at radius 3 is 2.71 bits per heavy atom. The molecule has 1 aliphatic rings. The molecule has 1 aromatic carbocycles. The van der Waals surface area contributed by atoms with Gasteiger partial charge in [0.15, 0.2) is 0 Å². The van der Waals surface area contributed by atoms with E-state index in [1.54, 1.807) is 6.92 Å². The van der Waals surface area contributed by atoms with Crippen molar-refractivity contribution in [3.05, 3.63) is 29.6 Å². The van der Waals surface area contributed by atoms with E-state index in [1.165, 1.54) is 16.4 Å². The number of aliphatic hydroxyl groups is 1. The summed E-state index contributed by atoms with van der Waals surface area (Å²) in [5.74, 6) is -0.536. The molecule has 1 saturated heterocycles. The molecule has 1 atom stereocenters. The van der Waals surface area contributed by atoms with Crippen LogP contribution < -0.4 is 0 Å². The second-order valence-corrected chi connectivity index (χ2v) is 6.15. The zero-order valence-corrected chi connectivity index (χ0v) is 10.2. The Morgan fingerprint density at radius 2 is 2.18 bits per heavy atom. The molecule has 17 heavy (non-hydrogen) atoms. The lowest BCUT2D eigenvalue weighted by molar-refractivity contribution is 0.189.